The summed E-state index contributed by atoms with van der Waals surface area (Å²) in [7, 11) is -3.16. The maximum absolute atomic E-state index is 11.4. The molecule has 0 spiro atoms. The van der Waals surface area contributed by atoms with Crippen LogP contribution in [-0.4, -0.2) is 14.7 Å². The average Bonchev–Trinajstić information content (AvgIpc) is 2.33. The molecule has 2 aromatic rings. The number of ether oxygens (including phenoxy) is 1. The topological polar surface area (TPSA) is 43.4 Å². The van der Waals surface area contributed by atoms with Gasteiger partial charge in [-0.2, -0.15) is 0 Å². The predicted molar refractivity (Wildman–Crippen MR) is 75.5 cm³/mol. The van der Waals surface area contributed by atoms with E-state index in [1.807, 2.05) is 32.0 Å². The quantitative estimate of drug-likeness (QED) is 0.861. The van der Waals surface area contributed by atoms with Gasteiger partial charge in [0.2, 0.25) is 0 Å². The summed E-state index contributed by atoms with van der Waals surface area (Å²) < 4.78 is 28.6. The molecule has 0 amide bonds. The van der Waals surface area contributed by atoms with Crippen LogP contribution in [0, 0.1) is 13.8 Å². The number of hydrogen-bond donors (Lipinski definition) is 0. The summed E-state index contributed by atoms with van der Waals surface area (Å²) in [4.78, 5) is 0.293. The second kappa shape index (κ2) is 5.05. The van der Waals surface area contributed by atoms with E-state index >= 15 is 0 Å². The molecule has 0 fully saturated rings. The lowest BCUT2D eigenvalue weighted by Gasteiger charge is -2.11. The number of benzene rings is 2. The summed E-state index contributed by atoms with van der Waals surface area (Å²) in [6.45, 7) is 3.96. The summed E-state index contributed by atoms with van der Waals surface area (Å²) in [6, 6.07) is 12.4. The lowest BCUT2D eigenvalue weighted by molar-refractivity contribution is 0.474. The van der Waals surface area contributed by atoms with Crippen molar-refractivity contribution in [2.75, 3.05) is 6.26 Å². The molecule has 0 atom stereocenters. The predicted octanol–water partition coefficient (Wildman–Crippen LogP) is 3.50. The summed E-state index contributed by atoms with van der Waals surface area (Å²) in [5.74, 6) is 1.44. The molecular formula is C15H16O3S. The third kappa shape index (κ3) is 3.15. The average molecular weight is 276 g/mol. The maximum atomic E-state index is 11.4. The molecule has 0 saturated carbocycles. The molecule has 3 nitrogen and oxygen atoms in total. The molecule has 4 heteroatoms. The van der Waals surface area contributed by atoms with Crippen LogP contribution < -0.4 is 4.74 Å². The minimum absolute atomic E-state index is 0.293. The molecule has 19 heavy (non-hydrogen) atoms. The van der Waals surface area contributed by atoms with Crippen LogP contribution in [0.15, 0.2) is 47.4 Å². The van der Waals surface area contributed by atoms with Crippen LogP contribution in [0.1, 0.15) is 11.1 Å². The van der Waals surface area contributed by atoms with Crippen LogP contribution in [0.3, 0.4) is 0 Å². The van der Waals surface area contributed by atoms with E-state index < -0.39 is 9.84 Å². The summed E-state index contributed by atoms with van der Waals surface area (Å²) in [6.07, 6.45) is 1.19. The molecule has 0 bridgehead atoms. The molecule has 0 aliphatic rings. The third-order valence-corrected chi connectivity index (χ3v) is 4.01. The van der Waals surface area contributed by atoms with E-state index in [0.29, 0.717) is 10.6 Å². The second-order valence-corrected chi connectivity index (χ2v) is 6.58. The molecule has 100 valence electrons. The molecule has 0 aliphatic carbocycles. The normalized spacial score (nSPS) is 11.3. The largest absolute Gasteiger partial charge is 0.457 e. The molecule has 0 N–H and O–H groups in total. The van der Waals surface area contributed by atoms with Crippen molar-refractivity contribution in [3.05, 3.63) is 53.6 Å². The summed E-state index contributed by atoms with van der Waals surface area (Å²) in [5.41, 5.74) is 2.10. The first-order chi connectivity index (χ1) is 8.88. The molecular weight excluding hydrogens is 260 g/mol. The zero-order chi connectivity index (χ0) is 14.0. The SMILES string of the molecule is Cc1cccc(C)c1Oc1ccc(S(C)(=O)=O)cc1. The van der Waals surface area contributed by atoms with Crippen molar-refractivity contribution in [1.82, 2.24) is 0 Å². The molecule has 2 rings (SSSR count). The fourth-order valence-corrected chi connectivity index (χ4v) is 2.46. The molecule has 0 radical (unpaired) electrons. The van der Waals surface area contributed by atoms with Crippen LogP contribution >= 0.6 is 0 Å². The standard InChI is InChI=1S/C15H16O3S/c1-11-5-4-6-12(2)15(11)18-13-7-9-14(10-8-13)19(3,16)17/h4-10H,1-3H3. The Bertz CT molecular complexity index is 666. The molecule has 0 aromatic heterocycles. The van der Waals surface area contributed by atoms with E-state index in [9.17, 15) is 8.42 Å². The first-order valence-electron chi connectivity index (χ1n) is 5.92. The van der Waals surface area contributed by atoms with E-state index in [1.165, 1.54) is 6.26 Å². The van der Waals surface area contributed by atoms with Gasteiger partial charge >= 0.3 is 0 Å². The van der Waals surface area contributed by atoms with Crippen molar-refractivity contribution in [2.45, 2.75) is 18.7 Å². The van der Waals surface area contributed by atoms with Gasteiger partial charge in [-0.3, -0.25) is 0 Å². The highest BCUT2D eigenvalue weighted by molar-refractivity contribution is 7.90. The van der Waals surface area contributed by atoms with Gasteiger partial charge in [-0.15, -0.1) is 0 Å². The number of rotatable bonds is 3. The van der Waals surface area contributed by atoms with Gasteiger partial charge in [-0.05, 0) is 49.2 Å². The van der Waals surface area contributed by atoms with Gasteiger partial charge in [0.15, 0.2) is 9.84 Å². The highest BCUT2D eigenvalue weighted by Gasteiger charge is 2.08. The van der Waals surface area contributed by atoms with Crippen LogP contribution in [0.4, 0.5) is 0 Å². The van der Waals surface area contributed by atoms with Gasteiger partial charge in [-0.1, -0.05) is 18.2 Å². The first kappa shape index (κ1) is 13.6. The fourth-order valence-electron chi connectivity index (χ4n) is 1.83. The Labute approximate surface area is 113 Å². The minimum atomic E-state index is -3.16. The lowest BCUT2D eigenvalue weighted by atomic mass is 10.1. The van der Waals surface area contributed by atoms with Crippen LogP contribution in [0.25, 0.3) is 0 Å². The van der Waals surface area contributed by atoms with Crippen molar-refractivity contribution in [3.63, 3.8) is 0 Å². The number of sulfone groups is 1. The van der Waals surface area contributed by atoms with Crippen LogP contribution in [0.2, 0.25) is 0 Å². The van der Waals surface area contributed by atoms with Gasteiger partial charge < -0.3 is 4.74 Å². The zero-order valence-electron chi connectivity index (χ0n) is 11.2. The lowest BCUT2D eigenvalue weighted by Crippen LogP contribution is -1.97. The monoisotopic (exact) mass is 276 g/mol. The second-order valence-electron chi connectivity index (χ2n) is 4.57. The molecule has 0 heterocycles. The zero-order valence-corrected chi connectivity index (χ0v) is 12.0. The van der Waals surface area contributed by atoms with Crippen molar-refractivity contribution >= 4 is 9.84 Å². The van der Waals surface area contributed by atoms with E-state index in [-0.39, 0.29) is 0 Å². The number of para-hydroxylation sites is 1. The smallest absolute Gasteiger partial charge is 0.175 e. The Balaban J connectivity index is 2.30. The van der Waals surface area contributed by atoms with Crippen molar-refractivity contribution < 1.29 is 13.2 Å². The highest BCUT2D eigenvalue weighted by atomic mass is 32.2. The van der Waals surface area contributed by atoms with E-state index in [1.54, 1.807) is 24.3 Å². The molecule has 2 aromatic carbocycles. The fraction of sp³-hybridized carbons (Fsp3) is 0.200. The van der Waals surface area contributed by atoms with Gasteiger partial charge in [0.25, 0.3) is 0 Å². The Morgan fingerprint density at radius 1 is 0.895 bits per heavy atom. The Hall–Kier alpha value is -1.81. The van der Waals surface area contributed by atoms with E-state index in [2.05, 4.69) is 0 Å². The van der Waals surface area contributed by atoms with E-state index in [4.69, 9.17) is 4.74 Å². The number of hydrogen-bond acceptors (Lipinski definition) is 3. The Kier molecular flexibility index (Phi) is 3.62. The van der Waals surface area contributed by atoms with Crippen molar-refractivity contribution in [2.24, 2.45) is 0 Å². The third-order valence-electron chi connectivity index (χ3n) is 2.88. The van der Waals surface area contributed by atoms with Gasteiger partial charge in [0.1, 0.15) is 11.5 Å². The Morgan fingerprint density at radius 2 is 1.42 bits per heavy atom. The Morgan fingerprint density at radius 3 is 1.89 bits per heavy atom. The maximum Gasteiger partial charge on any atom is 0.175 e. The molecule has 0 unspecified atom stereocenters. The summed E-state index contributed by atoms with van der Waals surface area (Å²) in [5, 5.41) is 0. The van der Waals surface area contributed by atoms with E-state index in [0.717, 1.165) is 16.9 Å². The molecule has 0 aliphatic heterocycles. The van der Waals surface area contributed by atoms with Gasteiger partial charge in [0.05, 0.1) is 4.90 Å². The van der Waals surface area contributed by atoms with Gasteiger partial charge in [0, 0.05) is 6.26 Å². The molecule has 0 saturated heterocycles. The van der Waals surface area contributed by atoms with Gasteiger partial charge in [-0.25, -0.2) is 8.42 Å². The highest BCUT2D eigenvalue weighted by Crippen LogP contribution is 2.28. The number of aryl methyl sites for hydroxylation is 2. The minimum Gasteiger partial charge on any atom is -0.457 e. The first-order valence-corrected chi connectivity index (χ1v) is 7.81. The van der Waals surface area contributed by atoms with Crippen molar-refractivity contribution in [3.8, 4) is 11.5 Å². The van der Waals surface area contributed by atoms with Crippen LogP contribution in [-0.2, 0) is 9.84 Å². The summed E-state index contributed by atoms with van der Waals surface area (Å²) >= 11 is 0. The van der Waals surface area contributed by atoms with Crippen molar-refractivity contribution in [1.29, 1.82) is 0 Å². The van der Waals surface area contributed by atoms with Crippen LogP contribution in [0.5, 0.6) is 11.5 Å².